The van der Waals surface area contributed by atoms with Crippen LogP contribution in [0.4, 0.5) is 0 Å². The number of rotatable bonds is 7. The van der Waals surface area contributed by atoms with Crippen LogP contribution in [0.3, 0.4) is 0 Å². The third kappa shape index (κ3) is 5.60. The summed E-state index contributed by atoms with van der Waals surface area (Å²) in [5.74, 6) is 0. The van der Waals surface area contributed by atoms with E-state index < -0.39 is 8.07 Å². The molecule has 0 amide bonds. The van der Waals surface area contributed by atoms with Crippen molar-refractivity contribution in [1.29, 1.82) is 0 Å². The van der Waals surface area contributed by atoms with E-state index in [0.29, 0.717) is 0 Å². The molecule has 0 heterocycles. The molecule has 1 nitrogen and oxygen atoms in total. The van der Waals surface area contributed by atoms with Gasteiger partial charge in [0.25, 0.3) is 0 Å². The fourth-order valence-electron chi connectivity index (χ4n) is 2.03. The van der Waals surface area contributed by atoms with Gasteiger partial charge < -0.3 is 5.11 Å². The van der Waals surface area contributed by atoms with E-state index in [2.05, 4.69) is 61.8 Å². The number of benzene rings is 1. The Kier molecular flexibility index (Phi) is 6.86. The molecule has 1 aromatic carbocycles. The lowest BCUT2D eigenvalue weighted by Crippen LogP contribution is -2.39. The van der Waals surface area contributed by atoms with E-state index in [1.807, 2.05) is 0 Å². The van der Waals surface area contributed by atoms with E-state index in [0.717, 1.165) is 12.8 Å². The van der Waals surface area contributed by atoms with Crippen LogP contribution < -0.4 is 5.19 Å². The topological polar surface area (TPSA) is 20.2 Å². The molecule has 0 aromatic heterocycles. The van der Waals surface area contributed by atoms with Gasteiger partial charge >= 0.3 is 0 Å². The number of aliphatic hydroxyl groups excluding tert-OH is 1. The lowest BCUT2D eigenvalue weighted by Gasteiger charge is -2.17. The number of aliphatic hydroxyl groups is 1. The summed E-state index contributed by atoms with van der Waals surface area (Å²) in [7, 11) is -1.55. The van der Waals surface area contributed by atoms with Crippen LogP contribution in [-0.4, -0.2) is 19.8 Å². The molecule has 0 spiro atoms. The van der Waals surface area contributed by atoms with Gasteiger partial charge in [-0.3, -0.25) is 0 Å². The van der Waals surface area contributed by atoms with Gasteiger partial charge in [0.15, 0.2) is 0 Å². The predicted molar refractivity (Wildman–Crippen MR) is 86.4 cm³/mol. The molecule has 0 bridgehead atoms. The SMILES string of the molecule is CCCCC(=C=C[Si](C)(C)c1ccccc1)CCO. The maximum atomic E-state index is 9.12. The molecule has 0 atom stereocenters. The second-order valence-corrected chi connectivity index (χ2v) is 9.87. The van der Waals surface area contributed by atoms with Crippen molar-refractivity contribution in [1.82, 2.24) is 0 Å². The lowest BCUT2D eigenvalue weighted by atomic mass is 10.1. The number of hydrogen-bond donors (Lipinski definition) is 1. The molecule has 0 aliphatic carbocycles. The highest BCUT2D eigenvalue weighted by Gasteiger charge is 2.19. The first-order valence-electron chi connectivity index (χ1n) is 7.22. The van der Waals surface area contributed by atoms with Gasteiger partial charge in [-0.2, -0.15) is 0 Å². The van der Waals surface area contributed by atoms with Gasteiger partial charge in [-0.1, -0.05) is 62.0 Å². The number of hydrogen-bond acceptors (Lipinski definition) is 1. The molecule has 0 aliphatic heterocycles. The summed E-state index contributed by atoms with van der Waals surface area (Å²) in [4.78, 5) is 0. The molecule has 1 aromatic rings. The van der Waals surface area contributed by atoms with E-state index in [1.54, 1.807) is 0 Å². The second kappa shape index (κ2) is 8.16. The van der Waals surface area contributed by atoms with E-state index in [-0.39, 0.29) is 6.61 Å². The Morgan fingerprint density at radius 2 is 1.89 bits per heavy atom. The van der Waals surface area contributed by atoms with Crippen molar-refractivity contribution in [2.75, 3.05) is 6.61 Å². The van der Waals surface area contributed by atoms with Gasteiger partial charge in [0, 0.05) is 6.61 Å². The van der Waals surface area contributed by atoms with Crippen LogP contribution in [0.2, 0.25) is 13.1 Å². The van der Waals surface area contributed by atoms with Crippen LogP contribution in [0.15, 0.2) is 47.3 Å². The fourth-order valence-corrected chi connectivity index (χ4v) is 3.81. The monoisotopic (exact) mass is 274 g/mol. The second-order valence-electron chi connectivity index (χ2n) is 5.56. The van der Waals surface area contributed by atoms with E-state index >= 15 is 0 Å². The average Bonchev–Trinajstić information content (AvgIpc) is 2.43. The first-order chi connectivity index (χ1) is 9.10. The summed E-state index contributed by atoms with van der Waals surface area (Å²) in [6, 6.07) is 10.7. The normalized spacial score (nSPS) is 10.9. The summed E-state index contributed by atoms with van der Waals surface area (Å²) in [6.07, 6.45) is 4.20. The van der Waals surface area contributed by atoms with Crippen molar-refractivity contribution in [3.8, 4) is 0 Å². The van der Waals surface area contributed by atoms with Crippen molar-refractivity contribution in [3.63, 3.8) is 0 Å². The molecule has 19 heavy (non-hydrogen) atoms. The zero-order chi connectivity index (χ0) is 14.1. The van der Waals surface area contributed by atoms with E-state index in [1.165, 1.54) is 23.6 Å². The third-order valence-electron chi connectivity index (χ3n) is 3.40. The Labute approximate surface area is 118 Å². The van der Waals surface area contributed by atoms with Crippen molar-refractivity contribution >= 4 is 13.3 Å². The maximum absolute atomic E-state index is 9.12. The van der Waals surface area contributed by atoms with Gasteiger partial charge in [0.1, 0.15) is 8.07 Å². The fraction of sp³-hybridized carbons (Fsp3) is 0.471. The molecule has 0 saturated heterocycles. The quantitative estimate of drug-likeness (QED) is 0.592. The molecule has 104 valence electrons. The molecule has 1 N–H and O–H groups in total. The summed E-state index contributed by atoms with van der Waals surface area (Å²) in [5.41, 5.74) is 7.03. The zero-order valence-electron chi connectivity index (χ0n) is 12.4. The summed E-state index contributed by atoms with van der Waals surface area (Å²) >= 11 is 0. The van der Waals surface area contributed by atoms with Crippen LogP contribution >= 0.6 is 0 Å². The van der Waals surface area contributed by atoms with Gasteiger partial charge in [0.05, 0.1) is 0 Å². The summed E-state index contributed by atoms with van der Waals surface area (Å²) in [6.45, 7) is 7.10. The Bertz CT molecular complexity index is 428. The van der Waals surface area contributed by atoms with Crippen molar-refractivity contribution in [2.45, 2.75) is 45.7 Å². The van der Waals surface area contributed by atoms with Crippen LogP contribution in [-0.2, 0) is 0 Å². The molecule has 0 unspecified atom stereocenters. The molecule has 0 radical (unpaired) electrons. The Hall–Kier alpha value is -1.08. The predicted octanol–water partition coefficient (Wildman–Crippen LogP) is 3.80. The number of unbranched alkanes of at least 4 members (excludes halogenated alkanes) is 1. The zero-order valence-corrected chi connectivity index (χ0v) is 13.4. The smallest absolute Gasteiger partial charge is 0.112 e. The standard InChI is InChI=1S/C17H26OSi/c1-4-5-9-16(12-14-18)13-15-19(2,3)17-10-7-6-8-11-17/h6-8,10-11,15,18H,4-5,9,12,14H2,1-3H3. The molecule has 0 fully saturated rings. The highest BCUT2D eigenvalue weighted by Crippen LogP contribution is 2.11. The minimum absolute atomic E-state index is 0.229. The van der Waals surface area contributed by atoms with Crippen molar-refractivity contribution in [3.05, 3.63) is 47.3 Å². The molecule has 2 heteroatoms. The van der Waals surface area contributed by atoms with Gasteiger partial charge in [-0.25, -0.2) is 0 Å². The lowest BCUT2D eigenvalue weighted by molar-refractivity contribution is 0.297. The summed E-state index contributed by atoms with van der Waals surface area (Å²) in [5, 5.41) is 10.6. The van der Waals surface area contributed by atoms with E-state index in [9.17, 15) is 0 Å². The van der Waals surface area contributed by atoms with Crippen LogP contribution in [0.25, 0.3) is 0 Å². The van der Waals surface area contributed by atoms with Crippen LogP contribution in [0.5, 0.6) is 0 Å². The van der Waals surface area contributed by atoms with Crippen molar-refractivity contribution < 1.29 is 5.11 Å². The van der Waals surface area contributed by atoms with Crippen molar-refractivity contribution in [2.24, 2.45) is 0 Å². The highest BCUT2D eigenvalue weighted by molar-refractivity contribution is 6.93. The molecule has 0 aliphatic rings. The van der Waals surface area contributed by atoms with Gasteiger partial charge in [-0.15, -0.1) is 5.73 Å². The highest BCUT2D eigenvalue weighted by atomic mass is 28.3. The minimum Gasteiger partial charge on any atom is -0.396 e. The maximum Gasteiger partial charge on any atom is 0.112 e. The summed E-state index contributed by atoms with van der Waals surface area (Å²) < 4.78 is 0. The van der Waals surface area contributed by atoms with Gasteiger partial charge in [-0.05, 0) is 30.5 Å². The molecular formula is C17H26OSi. The largest absolute Gasteiger partial charge is 0.396 e. The first kappa shape index (κ1) is 16.0. The Morgan fingerprint density at radius 1 is 1.21 bits per heavy atom. The molecule has 1 rings (SSSR count). The Balaban J connectivity index is 2.91. The van der Waals surface area contributed by atoms with Gasteiger partial charge in [0.2, 0.25) is 0 Å². The van der Waals surface area contributed by atoms with E-state index in [4.69, 9.17) is 5.11 Å². The Morgan fingerprint density at radius 3 is 2.47 bits per heavy atom. The minimum atomic E-state index is -1.55. The van der Waals surface area contributed by atoms with Crippen LogP contribution in [0.1, 0.15) is 32.6 Å². The average molecular weight is 274 g/mol. The van der Waals surface area contributed by atoms with Crippen LogP contribution in [0, 0.1) is 0 Å². The third-order valence-corrected chi connectivity index (χ3v) is 6.09. The first-order valence-corrected chi connectivity index (χ1v) is 10.3. The molecular weight excluding hydrogens is 248 g/mol. The molecule has 0 saturated carbocycles.